The van der Waals surface area contributed by atoms with Crippen LogP contribution in [-0.4, -0.2) is 4.57 Å². The summed E-state index contributed by atoms with van der Waals surface area (Å²) < 4.78 is 3.09. The third-order valence-corrected chi connectivity index (χ3v) is 0.983. The summed E-state index contributed by atoms with van der Waals surface area (Å²) in [6.45, 7) is 3.52. The molecule has 0 amide bonds. The van der Waals surface area contributed by atoms with Crippen molar-refractivity contribution in [3.63, 3.8) is 0 Å². The Morgan fingerprint density at radius 1 is 1.70 bits per heavy atom. The fourth-order valence-electron chi connectivity index (χ4n) is 0.537. The molecular weight excluding hydrogens is 194 g/mol. The van der Waals surface area contributed by atoms with E-state index in [0.717, 1.165) is 0 Å². The molecule has 0 saturated heterocycles. The molecule has 0 fully saturated rings. The van der Waals surface area contributed by atoms with E-state index in [9.17, 15) is 0 Å². The van der Waals surface area contributed by atoms with Gasteiger partial charge in [0.25, 0.3) is 12.5 Å². The Balaban J connectivity index is 0.000000810. The molecule has 0 aliphatic rings. The van der Waals surface area contributed by atoms with E-state index in [0.29, 0.717) is 0 Å². The molecule has 52 valence electrons. The molecule has 0 N–H and O–H groups in total. The molecule has 0 unspecified atom stereocenters. The number of hydrogen-bond donors (Lipinski definition) is 0. The van der Waals surface area contributed by atoms with Crippen molar-refractivity contribution in [1.29, 1.82) is 5.26 Å². The van der Waals surface area contributed by atoms with Crippen LogP contribution in [0.2, 0.25) is 0 Å². The molecule has 0 bridgehead atoms. The molecule has 0 saturated carbocycles. The normalized spacial score (nSPS) is 7.50. The van der Waals surface area contributed by atoms with Crippen molar-refractivity contribution in [1.82, 2.24) is 4.57 Å². The van der Waals surface area contributed by atoms with Crippen LogP contribution < -0.4 is 21.5 Å². The van der Waals surface area contributed by atoms with Crippen molar-refractivity contribution in [3.05, 3.63) is 25.3 Å². The third-order valence-electron chi connectivity index (χ3n) is 0.983. The fraction of sp³-hybridized carbons (Fsp3) is 0. The molecule has 0 atom stereocenters. The first kappa shape index (κ1) is 8.92. The van der Waals surface area contributed by atoms with Crippen LogP contribution in [0.15, 0.2) is 25.3 Å². The van der Waals surface area contributed by atoms with Gasteiger partial charge >= 0.3 is 0 Å². The number of halogens is 1. The molecule has 4 heteroatoms. The average molecular weight is 200 g/mol. The van der Waals surface area contributed by atoms with Crippen molar-refractivity contribution in [2.24, 2.45) is 0 Å². The second-order valence-electron chi connectivity index (χ2n) is 1.55. The van der Waals surface area contributed by atoms with Gasteiger partial charge in [-0.15, -0.1) is 9.83 Å². The van der Waals surface area contributed by atoms with E-state index in [1.807, 2.05) is 6.19 Å². The van der Waals surface area contributed by atoms with Crippen molar-refractivity contribution >= 4 is 6.20 Å². The zero-order valence-corrected chi connectivity index (χ0v) is 6.82. The Morgan fingerprint density at radius 3 is 2.70 bits per heavy atom. The summed E-state index contributed by atoms with van der Waals surface area (Å²) in [6.07, 6.45) is 8.58. The van der Waals surface area contributed by atoms with Gasteiger partial charge in [0.05, 0.1) is 6.20 Å². The standard InChI is InChI=1S/C6H6N3.BrH/c1-2-8-3-4-9(5-7)6-8;/h2-4,6H,1H2;1H/q+1;/p-1. The number of aromatic nitrogens is 2. The lowest BCUT2D eigenvalue weighted by molar-refractivity contribution is -0.566. The minimum Gasteiger partial charge on any atom is -1.00 e. The van der Waals surface area contributed by atoms with Crippen LogP contribution in [-0.2, 0) is 0 Å². The molecule has 0 radical (unpaired) electrons. The quantitative estimate of drug-likeness (QED) is 0.451. The van der Waals surface area contributed by atoms with E-state index in [2.05, 4.69) is 6.58 Å². The van der Waals surface area contributed by atoms with Gasteiger partial charge < -0.3 is 17.0 Å². The Kier molecular flexibility index (Phi) is 3.44. The van der Waals surface area contributed by atoms with E-state index in [-0.39, 0.29) is 17.0 Å². The van der Waals surface area contributed by atoms with Gasteiger partial charge in [-0.05, 0) is 0 Å². The number of nitriles is 1. The molecule has 0 aliphatic carbocycles. The van der Waals surface area contributed by atoms with Crippen LogP contribution in [0.4, 0.5) is 0 Å². The molecule has 1 aromatic rings. The summed E-state index contributed by atoms with van der Waals surface area (Å²) in [5.41, 5.74) is 0. The summed E-state index contributed by atoms with van der Waals surface area (Å²) in [5, 5.41) is 8.31. The minimum atomic E-state index is 0. The van der Waals surface area contributed by atoms with Crippen LogP contribution in [0.5, 0.6) is 0 Å². The predicted octanol–water partition coefficient (Wildman–Crippen LogP) is -2.79. The van der Waals surface area contributed by atoms with E-state index in [4.69, 9.17) is 5.26 Å². The summed E-state index contributed by atoms with van der Waals surface area (Å²) >= 11 is 0. The highest BCUT2D eigenvalue weighted by molar-refractivity contribution is 4.96. The number of rotatable bonds is 1. The van der Waals surface area contributed by atoms with Gasteiger partial charge in [0.15, 0.2) is 0 Å². The first-order valence-electron chi connectivity index (χ1n) is 2.48. The van der Waals surface area contributed by atoms with E-state index < -0.39 is 0 Å². The monoisotopic (exact) mass is 199 g/mol. The van der Waals surface area contributed by atoms with Crippen molar-refractivity contribution in [3.8, 4) is 6.19 Å². The Bertz CT molecular complexity index is 258. The van der Waals surface area contributed by atoms with E-state index in [1.165, 1.54) is 4.57 Å². The van der Waals surface area contributed by atoms with Crippen molar-refractivity contribution in [2.75, 3.05) is 0 Å². The zero-order chi connectivity index (χ0) is 6.69. The SMILES string of the molecule is C=C[n+]1ccn(C#N)c1.[Br-]. The first-order chi connectivity index (χ1) is 4.36. The highest BCUT2D eigenvalue weighted by Gasteiger charge is 1.95. The molecule has 0 aliphatic heterocycles. The fourth-order valence-corrected chi connectivity index (χ4v) is 0.537. The third kappa shape index (κ3) is 1.71. The lowest BCUT2D eigenvalue weighted by Gasteiger charge is -1.72. The highest BCUT2D eigenvalue weighted by Crippen LogP contribution is 1.76. The summed E-state index contributed by atoms with van der Waals surface area (Å²) in [7, 11) is 0. The van der Waals surface area contributed by atoms with E-state index in [1.54, 1.807) is 29.5 Å². The molecule has 10 heavy (non-hydrogen) atoms. The van der Waals surface area contributed by atoms with Crippen LogP contribution in [0.25, 0.3) is 6.20 Å². The second-order valence-corrected chi connectivity index (χ2v) is 1.55. The van der Waals surface area contributed by atoms with Gasteiger partial charge in [-0.2, -0.15) is 0 Å². The smallest absolute Gasteiger partial charge is 0.296 e. The van der Waals surface area contributed by atoms with Crippen LogP contribution in [0.1, 0.15) is 0 Å². The molecule has 0 spiro atoms. The average Bonchev–Trinajstić information content (AvgIpc) is 2.34. The maximum absolute atomic E-state index is 8.31. The number of nitrogens with zero attached hydrogens (tertiary/aromatic N) is 3. The maximum atomic E-state index is 8.31. The molecular formula is C6H6BrN3. The van der Waals surface area contributed by atoms with Gasteiger partial charge in [0.1, 0.15) is 12.4 Å². The van der Waals surface area contributed by atoms with Gasteiger partial charge in [-0.1, -0.05) is 6.58 Å². The Hall–Kier alpha value is -1.08. The topological polar surface area (TPSA) is 32.6 Å². The zero-order valence-electron chi connectivity index (χ0n) is 5.24. The van der Waals surface area contributed by atoms with Crippen molar-refractivity contribution < 1.29 is 21.5 Å². The van der Waals surface area contributed by atoms with E-state index >= 15 is 0 Å². The molecule has 1 heterocycles. The van der Waals surface area contributed by atoms with Crippen LogP contribution >= 0.6 is 0 Å². The molecule has 1 rings (SSSR count). The number of imidazole rings is 1. The molecule has 1 aromatic heterocycles. The Morgan fingerprint density at radius 2 is 2.40 bits per heavy atom. The maximum Gasteiger partial charge on any atom is 0.296 e. The van der Waals surface area contributed by atoms with Gasteiger partial charge in [-0.3, -0.25) is 0 Å². The van der Waals surface area contributed by atoms with Crippen LogP contribution in [0.3, 0.4) is 0 Å². The van der Waals surface area contributed by atoms with Gasteiger partial charge in [0.2, 0.25) is 0 Å². The minimum absolute atomic E-state index is 0. The molecule has 0 aromatic carbocycles. The summed E-state index contributed by atoms with van der Waals surface area (Å²) in [6, 6.07) is 0. The van der Waals surface area contributed by atoms with Crippen molar-refractivity contribution in [2.45, 2.75) is 0 Å². The molecule has 3 nitrogen and oxygen atoms in total. The lowest BCUT2D eigenvalue weighted by atomic mass is 10.8. The Labute approximate surface area is 69.6 Å². The van der Waals surface area contributed by atoms with Gasteiger partial charge in [0, 0.05) is 0 Å². The van der Waals surface area contributed by atoms with Crippen LogP contribution in [0, 0.1) is 11.5 Å². The highest BCUT2D eigenvalue weighted by atomic mass is 79.9. The second kappa shape index (κ2) is 3.85. The summed E-state index contributed by atoms with van der Waals surface area (Å²) in [5.74, 6) is 0. The lowest BCUT2D eigenvalue weighted by Crippen LogP contribution is -3.00. The predicted molar refractivity (Wildman–Crippen MR) is 32.0 cm³/mol. The van der Waals surface area contributed by atoms with Gasteiger partial charge in [-0.25, -0.2) is 4.57 Å². The summed E-state index contributed by atoms with van der Waals surface area (Å²) in [4.78, 5) is 0. The first-order valence-corrected chi connectivity index (χ1v) is 2.48. The number of hydrogen-bond acceptors (Lipinski definition) is 1. The largest absolute Gasteiger partial charge is 1.00 e.